The molecule has 1 amide bonds. The van der Waals surface area contributed by atoms with Crippen LogP contribution in [-0.2, 0) is 14.3 Å². The van der Waals surface area contributed by atoms with Gasteiger partial charge in [0.25, 0.3) is 5.91 Å². The van der Waals surface area contributed by atoms with E-state index in [0.29, 0.717) is 19.8 Å². The fourth-order valence-electron chi connectivity index (χ4n) is 2.54. The molecule has 3 rings (SSSR count). The molecular formula is C15H16ClFN2O3. The minimum Gasteiger partial charge on any atom is -0.494 e. The molecule has 2 heterocycles. The van der Waals surface area contributed by atoms with E-state index in [1.807, 2.05) is 4.90 Å². The molecule has 0 saturated carbocycles. The number of halogens is 2. The fourth-order valence-corrected chi connectivity index (χ4v) is 2.66. The highest BCUT2D eigenvalue weighted by molar-refractivity contribution is 6.30. The molecule has 1 fully saturated rings. The Morgan fingerprint density at radius 3 is 3.00 bits per heavy atom. The summed E-state index contributed by atoms with van der Waals surface area (Å²) in [5.41, 5.74) is 0.759. The average molecular weight is 327 g/mol. The zero-order valence-electron chi connectivity index (χ0n) is 11.9. The summed E-state index contributed by atoms with van der Waals surface area (Å²) in [5, 5.41) is 3.01. The lowest BCUT2D eigenvalue weighted by Gasteiger charge is -2.20. The van der Waals surface area contributed by atoms with Gasteiger partial charge in [-0.3, -0.25) is 4.79 Å². The molecular weight excluding hydrogens is 311 g/mol. The molecule has 0 aliphatic carbocycles. The van der Waals surface area contributed by atoms with Gasteiger partial charge in [0.2, 0.25) is 5.76 Å². The molecule has 22 heavy (non-hydrogen) atoms. The van der Waals surface area contributed by atoms with Gasteiger partial charge in [0.15, 0.2) is 0 Å². The van der Waals surface area contributed by atoms with E-state index in [1.165, 1.54) is 18.4 Å². The Bertz CT molecular complexity index is 608. The Morgan fingerprint density at radius 2 is 2.27 bits per heavy atom. The number of hydrogen-bond acceptors (Lipinski definition) is 4. The maximum Gasteiger partial charge on any atom is 0.289 e. The molecule has 0 aromatic heterocycles. The van der Waals surface area contributed by atoms with Gasteiger partial charge in [0.1, 0.15) is 25.3 Å². The van der Waals surface area contributed by atoms with Gasteiger partial charge in [-0.2, -0.15) is 0 Å². The van der Waals surface area contributed by atoms with E-state index < -0.39 is 5.82 Å². The second kappa shape index (κ2) is 6.44. The van der Waals surface area contributed by atoms with Crippen molar-refractivity contribution in [3.8, 4) is 0 Å². The Morgan fingerprint density at radius 1 is 1.41 bits per heavy atom. The number of amides is 1. The molecule has 0 radical (unpaired) electrons. The van der Waals surface area contributed by atoms with E-state index in [2.05, 4.69) is 5.32 Å². The molecule has 118 valence electrons. The van der Waals surface area contributed by atoms with Crippen LogP contribution in [0, 0.1) is 5.82 Å². The van der Waals surface area contributed by atoms with E-state index in [-0.39, 0.29) is 22.7 Å². The van der Waals surface area contributed by atoms with Crippen LogP contribution in [0.4, 0.5) is 10.1 Å². The van der Waals surface area contributed by atoms with Crippen LogP contribution in [-0.4, -0.2) is 38.3 Å². The number of ether oxygens (including phenoxy) is 2. The first-order valence-corrected chi connectivity index (χ1v) is 7.47. The average Bonchev–Trinajstić information content (AvgIpc) is 2.99. The zero-order chi connectivity index (χ0) is 15.5. The number of nitrogens with one attached hydrogen (secondary N) is 1. The summed E-state index contributed by atoms with van der Waals surface area (Å²) >= 11 is 5.69. The number of rotatable bonds is 3. The van der Waals surface area contributed by atoms with Crippen LogP contribution in [0.1, 0.15) is 6.42 Å². The second-order valence-electron chi connectivity index (χ2n) is 5.20. The van der Waals surface area contributed by atoms with Crippen LogP contribution >= 0.6 is 11.6 Å². The molecule has 2 aliphatic rings. The summed E-state index contributed by atoms with van der Waals surface area (Å²) in [4.78, 5) is 14.0. The van der Waals surface area contributed by atoms with Crippen molar-refractivity contribution in [1.82, 2.24) is 5.32 Å². The number of nitrogens with zero attached hydrogens (tertiary/aromatic N) is 1. The number of anilines is 1. The van der Waals surface area contributed by atoms with Crippen molar-refractivity contribution in [3.63, 3.8) is 0 Å². The van der Waals surface area contributed by atoms with E-state index in [4.69, 9.17) is 21.1 Å². The molecule has 2 aliphatic heterocycles. The van der Waals surface area contributed by atoms with Gasteiger partial charge < -0.3 is 19.7 Å². The molecule has 7 heteroatoms. The standard InChI is InChI=1S/C15H16ClFN2O3/c16-12-2-1-11(7-13(12)17)19-4-3-10(8-19)18-15(20)14-9-21-5-6-22-14/h1-2,7,9-10H,3-6,8H2,(H,18,20). The van der Waals surface area contributed by atoms with Crippen LogP contribution < -0.4 is 10.2 Å². The maximum absolute atomic E-state index is 13.5. The Labute approximate surface area is 132 Å². The summed E-state index contributed by atoms with van der Waals surface area (Å²) in [6.07, 6.45) is 2.12. The topological polar surface area (TPSA) is 50.8 Å². The van der Waals surface area contributed by atoms with Crippen molar-refractivity contribution in [2.24, 2.45) is 0 Å². The van der Waals surface area contributed by atoms with Crippen LogP contribution in [0.25, 0.3) is 0 Å². The molecule has 1 saturated heterocycles. The lowest BCUT2D eigenvalue weighted by atomic mass is 10.2. The predicted octanol–water partition coefficient (Wildman–Crippen LogP) is 2.06. The van der Waals surface area contributed by atoms with Crippen molar-refractivity contribution in [3.05, 3.63) is 41.1 Å². The SMILES string of the molecule is O=C(NC1CCN(c2ccc(Cl)c(F)c2)C1)C1=COCCO1. The minimum absolute atomic E-state index is 0.0161. The predicted molar refractivity (Wildman–Crippen MR) is 80.2 cm³/mol. The van der Waals surface area contributed by atoms with Crippen LogP contribution in [0.5, 0.6) is 0 Å². The summed E-state index contributed by atoms with van der Waals surface area (Å²) < 4.78 is 23.8. The Hall–Kier alpha value is -1.95. The minimum atomic E-state index is -0.440. The van der Waals surface area contributed by atoms with Gasteiger partial charge in [-0.25, -0.2) is 4.39 Å². The summed E-state index contributed by atoms with van der Waals surface area (Å²) in [6, 6.07) is 4.71. The van der Waals surface area contributed by atoms with Crippen molar-refractivity contribution in [2.45, 2.75) is 12.5 Å². The van der Waals surface area contributed by atoms with Gasteiger partial charge >= 0.3 is 0 Å². The Balaban J connectivity index is 1.59. The summed E-state index contributed by atoms with van der Waals surface area (Å²) in [6.45, 7) is 2.18. The van der Waals surface area contributed by atoms with Gasteiger partial charge in [0, 0.05) is 24.8 Å². The monoisotopic (exact) mass is 326 g/mol. The summed E-state index contributed by atoms with van der Waals surface area (Å²) in [5.74, 6) is -0.527. The molecule has 0 spiro atoms. The van der Waals surface area contributed by atoms with Gasteiger partial charge in [-0.15, -0.1) is 0 Å². The van der Waals surface area contributed by atoms with Gasteiger partial charge in [-0.05, 0) is 24.6 Å². The molecule has 1 atom stereocenters. The number of hydrogen-bond donors (Lipinski definition) is 1. The van der Waals surface area contributed by atoms with Crippen LogP contribution in [0.3, 0.4) is 0 Å². The molecule has 5 nitrogen and oxygen atoms in total. The first-order chi connectivity index (χ1) is 10.6. The lowest BCUT2D eigenvalue weighted by molar-refractivity contribution is -0.122. The smallest absolute Gasteiger partial charge is 0.289 e. The fraction of sp³-hybridized carbons (Fsp3) is 0.400. The Kier molecular flexibility index (Phi) is 4.38. The van der Waals surface area contributed by atoms with E-state index >= 15 is 0 Å². The van der Waals surface area contributed by atoms with Crippen molar-refractivity contribution in [2.75, 3.05) is 31.2 Å². The highest BCUT2D eigenvalue weighted by Crippen LogP contribution is 2.25. The third-order valence-corrected chi connectivity index (χ3v) is 3.97. The van der Waals surface area contributed by atoms with Gasteiger partial charge in [0.05, 0.1) is 5.02 Å². The highest BCUT2D eigenvalue weighted by Gasteiger charge is 2.26. The lowest BCUT2D eigenvalue weighted by Crippen LogP contribution is -2.39. The van der Waals surface area contributed by atoms with Crippen LogP contribution in [0.2, 0.25) is 5.02 Å². The molecule has 1 unspecified atom stereocenters. The highest BCUT2D eigenvalue weighted by atomic mass is 35.5. The first-order valence-electron chi connectivity index (χ1n) is 7.09. The molecule has 1 N–H and O–H groups in total. The van der Waals surface area contributed by atoms with E-state index in [9.17, 15) is 9.18 Å². The maximum atomic E-state index is 13.5. The molecule has 0 bridgehead atoms. The second-order valence-corrected chi connectivity index (χ2v) is 5.61. The molecule has 1 aromatic carbocycles. The third-order valence-electron chi connectivity index (χ3n) is 3.66. The van der Waals surface area contributed by atoms with Gasteiger partial charge in [-0.1, -0.05) is 11.6 Å². The normalized spacial score (nSPS) is 20.9. The largest absolute Gasteiger partial charge is 0.494 e. The summed E-state index contributed by atoms with van der Waals surface area (Å²) in [7, 11) is 0. The third kappa shape index (κ3) is 3.27. The zero-order valence-corrected chi connectivity index (χ0v) is 12.6. The quantitative estimate of drug-likeness (QED) is 0.924. The van der Waals surface area contributed by atoms with E-state index in [0.717, 1.165) is 18.7 Å². The van der Waals surface area contributed by atoms with Crippen molar-refractivity contribution in [1.29, 1.82) is 0 Å². The number of benzene rings is 1. The van der Waals surface area contributed by atoms with Crippen LogP contribution in [0.15, 0.2) is 30.2 Å². The molecule has 1 aromatic rings. The number of carbonyl (C=O) groups excluding carboxylic acids is 1. The van der Waals surface area contributed by atoms with E-state index in [1.54, 1.807) is 6.07 Å². The number of carbonyl (C=O) groups is 1. The van der Waals surface area contributed by atoms with Crippen molar-refractivity contribution < 1.29 is 18.7 Å². The van der Waals surface area contributed by atoms with Crippen molar-refractivity contribution >= 4 is 23.2 Å². The first kappa shape index (κ1) is 15.0.